The van der Waals surface area contributed by atoms with Crippen LogP contribution < -0.4 is 9.64 Å². The maximum atomic E-state index is 11.4. The van der Waals surface area contributed by atoms with Crippen molar-refractivity contribution in [1.82, 2.24) is 0 Å². The number of carboxylic acid groups (broad SMARTS) is 1. The van der Waals surface area contributed by atoms with Gasteiger partial charge in [0, 0.05) is 12.6 Å². The van der Waals surface area contributed by atoms with Crippen molar-refractivity contribution in [1.29, 1.82) is 0 Å². The molecule has 1 aromatic carbocycles. The highest BCUT2D eigenvalue weighted by molar-refractivity contribution is 5.96. The van der Waals surface area contributed by atoms with Crippen LogP contribution in [0.3, 0.4) is 0 Å². The summed E-state index contributed by atoms with van der Waals surface area (Å²) < 4.78 is 5.73. The number of ether oxygens (including phenoxy) is 1. The van der Waals surface area contributed by atoms with E-state index in [-0.39, 0.29) is 0 Å². The number of rotatable bonds is 5. The van der Waals surface area contributed by atoms with E-state index in [1.54, 1.807) is 12.1 Å². The SMILES string of the molecule is CCCOc1cccc(C(=O)O)c1N1CCCC1C. The molecular weight excluding hydrogens is 242 g/mol. The summed E-state index contributed by atoms with van der Waals surface area (Å²) in [5, 5.41) is 9.38. The summed E-state index contributed by atoms with van der Waals surface area (Å²) in [6.45, 7) is 5.68. The Morgan fingerprint density at radius 1 is 1.53 bits per heavy atom. The maximum Gasteiger partial charge on any atom is 0.337 e. The van der Waals surface area contributed by atoms with Gasteiger partial charge >= 0.3 is 5.97 Å². The van der Waals surface area contributed by atoms with E-state index in [1.165, 1.54) is 0 Å². The minimum Gasteiger partial charge on any atom is -0.491 e. The van der Waals surface area contributed by atoms with Gasteiger partial charge in [-0.2, -0.15) is 0 Å². The first-order chi connectivity index (χ1) is 9.15. The topological polar surface area (TPSA) is 49.8 Å². The number of hydrogen-bond acceptors (Lipinski definition) is 3. The van der Waals surface area contributed by atoms with Gasteiger partial charge < -0.3 is 14.7 Å². The Morgan fingerprint density at radius 2 is 2.32 bits per heavy atom. The number of nitrogens with zero attached hydrogens (tertiary/aromatic N) is 1. The summed E-state index contributed by atoms with van der Waals surface area (Å²) in [6, 6.07) is 5.63. The van der Waals surface area contributed by atoms with Crippen molar-refractivity contribution in [3.63, 3.8) is 0 Å². The number of carbonyl (C=O) groups is 1. The molecule has 1 aliphatic heterocycles. The quantitative estimate of drug-likeness (QED) is 0.886. The minimum atomic E-state index is -0.893. The third-order valence-corrected chi connectivity index (χ3v) is 3.53. The maximum absolute atomic E-state index is 11.4. The van der Waals surface area contributed by atoms with Gasteiger partial charge in [-0.05, 0) is 38.3 Å². The minimum absolute atomic E-state index is 0.336. The summed E-state index contributed by atoms with van der Waals surface area (Å²) in [5.74, 6) is -0.202. The van der Waals surface area contributed by atoms with E-state index in [0.29, 0.717) is 24.0 Å². The zero-order chi connectivity index (χ0) is 13.8. The first kappa shape index (κ1) is 13.7. The second kappa shape index (κ2) is 5.95. The second-order valence-electron chi connectivity index (χ2n) is 4.99. The first-order valence-corrected chi connectivity index (χ1v) is 6.91. The van der Waals surface area contributed by atoms with Crippen molar-refractivity contribution in [3.05, 3.63) is 23.8 Å². The third kappa shape index (κ3) is 2.83. The fourth-order valence-electron chi connectivity index (χ4n) is 2.59. The van der Waals surface area contributed by atoms with Crippen molar-refractivity contribution in [2.24, 2.45) is 0 Å². The Kier molecular flexibility index (Phi) is 4.30. The standard InChI is InChI=1S/C15H21NO3/c1-3-10-19-13-8-4-7-12(15(17)18)14(13)16-9-5-6-11(16)2/h4,7-8,11H,3,5-6,9-10H2,1-2H3,(H,17,18). The van der Waals surface area contributed by atoms with Crippen LogP contribution in [0.4, 0.5) is 5.69 Å². The first-order valence-electron chi connectivity index (χ1n) is 6.91. The molecule has 0 aromatic heterocycles. The van der Waals surface area contributed by atoms with Crippen LogP contribution in [0.15, 0.2) is 18.2 Å². The summed E-state index contributed by atoms with van der Waals surface area (Å²) in [5.41, 5.74) is 1.08. The van der Waals surface area contributed by atoms with Crippen LogP contribution in [-0.2, 0) is 0 Å². The molecule has 1 aromatic rings. The third-order valence-electron chi connectivity index (χ3n) is 3.53. The highest BCUT2D eigenvalue weighted by Gasteiger charge is 2.27. The summed E-state index contributed by atoms with van der Waals surface area (Å²) in [7, 11) is 0. The molecule has 0 aliphatic carbocycles. The van der Waals surface area contributed by atoms with Crippen LogP contribution in [0, 0.1) is 0 Å². The van der Waals surface area contributed by atoms with Crippen LogP contribution in [0.25, 0.3) is 0 Å². The molecule has 4 heteroatoms. The van der Waals surface area contributed by atoms with E-state index >= 15 is 0 Å². The molecule has 1 unspecified atom stereocenters. The molecule has 1 atom stereocenters. The Bertz CT molecular complexity index is 459. The number of anilines is 1. The Hall–Kier alpha value is -1.71. The van der Waals surface area contributed by atoms with E-state index in [0.717, 1.165) is 31.5 Å². The molecule has 0 bridgehead atoms. The summed E-state index contributed by atoms with van der Waals surface area (Å²) in [6.07, 6.45) is 3.11. The lowest BCUT2D eigenvalue weighted by Gasteiger charge is -2.27. The van der Waals surface area contributed by atoms with Gasteiger partial charge in [-0.15, -0.1) is 0 Å². The summed E-state index contributed by atoms with van der Waals surface area (Å²) >= 11 is 0. The highest BCUT2D eigenvalue weighted by Crippen LogP contribution is 2.37. The van der Waals surface area contributed by atoms with Crippen molar-refractivity contribution in [2.45, 2.75) is 39.2 Å². The van der Waals surface area contributed by atoms with E-state index in [2.05, 4.69) is 11.8 Å². The van der Waals surface area contributed by atoms with Gasteiger partial charge in [0.25, 0.3) is 0 Å². The molecule has 1 heterocycles. The molecule has 0 saturated carbocycles. The molecule has 0 spiro atoms. The van der Waals surface area contributed by atoms with E-state index in [9.17, 15) is 9.90 Å². The zero-order valence-corrected chi connectivity index (χ0v) is 11.6. The lowest BCUT2D eigenvalue weighted by molar-refractivity contribution is 0.0697. The van der Waals surface area contributed by atoms with Gasteiger partial charge in [-0.1, -0.05) is 13.0 Å². The number of hydrogen-bond donors (Lipinski definition) is 1. The van der Waals surface area contributed by atoms with E-state index < -0.39 is 5.97 Å². The second-order valence-corrected chi connectivity index (χ2v) is 4.99. The molecule has 0 amide bonds. The monoisotopic (exact) mass is 263 g/mol. The van der Waals surface area contributed by atoms with Crippen molar-refractivity contribution in [3.8, 4) is 5.75 Å². The molecule has 4 nitrogen and oxygen atoms in total. The lowest BCUT2D eigenvalue weighted by Crippen LogP contribution is -2.28. The smallest absolute Gasteiger partial charge is 0.337 e. The molecule has 104 valence electrons. The molecule has 2 rings (SSSR count). The predicted octanol–water partition coefficient (Wildman–Crippen LogP) is 3.16. The largest absolute Gasteiger partial charge is 0.491 e. The zero-order valence-electron chi connectivity index (χ0n) is 11.6. The van der Waals surface area contributed by atoms with Gasteiger partial charge in [0.2, 0.25) is 0 Å². The number of aromatic carboxylic acids is 1. The van der Waals surface area contributed by atoms with Crippen LogP contribution >= 0.6 is 0 Å². The number of para-hydroxylation sites is 1. The van der Waals surface area contributed by atoms with Crippen LogP contribution in [0.1, 0.15) is 43.5 Å². The fourth-order valence-corrected chi connectivity index (χ4v) is 2.59. The van der Waals surface area contributed by atoms with Gasteiger partial charge in [-0.3, -0.25) is 0 Å². The normalized spacial score (nSPS) is 18.6. The summed E-state index contributed by atoms with van der Waals surface area (Å²) in [4.78, 5) is 13.6. The molecule has 0 radical (unpaired) electrons. The van der Waals surface area contributed by atoms with Gasteiger partial charge in [0.1, 0.15) is 5.75 Å². The predicted molar refractivity (Wildman–Crippen MR) is 75.2 cm³/mol. The van der Waals surface area contributed by atoms with Crippen molar-refractivity contribution >= 4 is 11.7 Å². The molecule has 1 fully saturated rings. The fraction of sp³-hybridized carbons (Fsp3) is 0.533. The Balaban J connectivity index is 2.42. The molecule has 1 aliphatic rings. The average Bonchev–Trinajstić information content (AvgIpc) is 2.81. The van der Waals surface area contributed by atoms with Crippen LogP contribution in [-0.4, -0.2) is 30.3 Å². The highest BCUT2D eigenvalue weighted by atomic mass is 16.5. The number of benzene rings is 1. The van der Waals surface area contributed by atoms with Crippen LogP contribution in [0.2, 0.25) is 0 Å². The van der Waals surface area contributed by atoms with Crippen LogP contribution in [0.5, 0.6) is 5.75 Å². The molecule has 19 heavy (non-hydrogen) atoms. The molecule has 1 saturated heterocycles. The Morgan fingerprint density at radius 3 is 2.89 bits per heavy atom. The van der Waals surface area contributed by atoms with E-state index in [4.69, 9.17) is 4.74 Å². The lowest BCUT2D eigenvalue weighted by atomic mass is 10.1. The Labute approximate surface area is 114 Å². The van der Waals surface area contributed by atoms with Gasteiger partial charge in [0.15, 0.2) is 0 Å². The van der Waals surface area contributed by atoms with Gasteiger partial charge in [-0.25, -0.2) is 4.79 Å². The molecular formula is C15H21NO3. The number of carboxylic acids is 1. The van der Waals surface area contributed by atoms with Crippen molar-refractivity contribution in [2.75, 3.05) is 18.1 Å². The average molecular weight is 263 g/mol. The molecule has 1 N–H and O–H groups in total. The van der Waals surface area contributed by atoms with E-state index in [1.807, 2.05) is 13.0 Å². The van der Waals surface area contributed by atoms with Crippen molar-refractivity contribution < 1.29 is 14.6 Å². The van der Waals surface area contributed by atoms with Gasteiger partial charge in [0.05, 0.1) is 17.9 Å².